The van der Waals surface area contributed by atoms with E-state index in [9.17, 15) is 4.79 Å². The van der Waals surface area contributed by atoms with Crippen molar-refractivity contribution < 1.29 is 9.53 Å². The number of hydrazone groups is 1. The van der Waals surface area contributed by atoms with Gasteiger partial charge in [-0.05, 0) is 25.5 Å². The van der Waals surface area contributed by atoms with E-state index in [1.54, 1.807) is 7.11 Å². The molecule has 1 amide bonds. The second-order valence-electron chi connectivity index (χ2n) is 5.13. The highest BCUT2D eigenvalue weighted by molar-refractivity contribution is 5.99. The number of unbranched alkanes of at least 4 members (excludes halogenated alkanes) is 4. The maximum Gasteiger partial charge on any atom is 0.240 e. The molecule has 1 N–H and O–H groups in total. The molecule has 4 nitrogen and oxygen atoms in total. The molecule has 0 saturated heterocycles. The Morgan fingerprint density at radius 2 is 2.00 bits per heavy atom. The van der Waals surface area contributed by atoms with Crippen LogP contribution < -0.4 is 10.2 Å². The van der Waals surface area contributed by atoms with Crippen LogP contribution in [0, 0.1) is 0 Å². The first-order chi connectivity index (χ1) is 10.2. The fraction of sp³-hybridized carbons (Fsp3) is 0.529. The molecule has 0 heterocycles. The fourth-order valence-corrected chi connectivity index (χ4v) is 2.00. The normalized spacial score (nSPS) is 11.3. The fourth-order valence-electron chi connectivity index (χ4n) is 2.00. The van der Waals surface area contributed by atoms with Crippen LogP contribution in [0.3, 0.4) is 0 Å². The van der Waals surface area contributed by atoms with Crippen LogP contribution in [0.15, 0.2) is 29.4 Å². The average Bonchev–Trinajstić information content (AvgIpc) is 2.52. The van der Waals surface area contributed by atoms with Crippen LogP contribution in [0.4, 0.5) is 0 Å². The first kappa shape index (κ1) is 17.2. The van der Waals surface area contributed by atoms with Crippen LogP contribution in [-0.2, 0) is 4.79 Å². The Morgan fingerprint density at radius 1 is 1.24 bits per heavy atom. The number of nitrogens with one attached hydrogen (secondary N) is 1. The summed E-state index contributed by atoms with van der Waals surface area (Å²) in [5.41, 5.74) is 4.33. The van der Waals surface area contributed by atoms with E-state index in [2.05, 4.69) is 17.5 Å². The van der Waals surface area contributed by atoms with Crippen molar-refractivity contribution >= 4 is 11.6 Å². The van der Waals surface area contributed by atoms with Crippen LogP contribution in [0.2, 0.25) is 0 Å². The summed E-state index contributed by atoms with van der Waals surface area (Å²) in [4.78, 5) is 11.7. The Balaban J connectivity index is 2.38. The van der Waals surface area contributed by atoms with E-state index in [4.69, 9.17) is 4.74 Å². The van der Waals surface area contributed by atoms with Gasteiger partial charge in [-0.15, -0.1) is 0 Å². The van der Waals surface area contributed by atoms with Gasteiger partial charge in [0.25, 0.3) is 0 Å². The average molecular weight is 290 g/mol. The maximum atomic E-state index is 11.7. The second kappa shape index (κ2) is 9.97. The number of ether oxygens (including phenoxy) is 1. The molecule has 1 aromatic rings. The molecule has 4 heteroatoms. The van der Waals surface area contributed by atoms with Gasteiger partial charge in [0, 0.05) is 12.0 Å². The molecule has 0 fully saturated rings. The second-order valence-corrected chi connectivity index (χ2v) is 5.13. The molecular weight excluding hydrogens is 264 g/mol. The van der Waals surface area contributed by atoms with Gasteiger partial charge in [-0.1, -0.05) is 44.7 Å². The maximum absolute atomic E-state index is 11.7. The van der Waals surface area contributed by atoms with E-state index in [1.165, 1.54) is 19.3 Å². The lowest BCUT2D eigenvalue weighted by molar-refractivity contribution is -0.121. The van der Waals surface area contributed by atoms with Crippen LogP contribution in [0.5, 0.6) is 5.75 Å². The minimum atomic E-state index is -0.0197. The standard InChI is InChI=1S/C17H26N2O2/c1-4-5-6-7-8-12-17(20)19-18-14(2)15-10-9-11-16(13-15)21-3/h9-11,13H,4-8,12H2,1-3H3,(H,19,20)/b18-14+. The molecule has 0 bridgehead atoms. The monoisotopic (exact) mass is 290 g/mol. The molecule has 0 radical (unpaired) electrons. The minimum Gasteiger partial charge on any atom is -0.497 e. The van der Waals surface area contributed by atoms with E-state index in [1.807, 2.05) is 31.2 Å². The molecule has 0 aliphatic rings. The van der Waals surface area contributed by atoms with E-state index < -0.39 is 0 Å². The zero-order chi connectivity index (χ0) is 15.5. The van der Waals surface area contributed by atoms with Gasteiger partial charge in [0.05, 0.1) is 12.8 Å². The van der Waals surface area contributed by atoms with Gasteiger partial charge in [0.1, 0.15) is 5.75 Å². The van der Waals surface area contributed by atoms with E-state index in [0.29, 0.717) is 6.42 Å². The largest absolute Gasteiger partial charge is 0.497 e. The summed E-state index contributed by atoms with van der Waals surface area (Å²) in [7, 11) is 1.63. The highest BCUT2D eigenvalue weighted by Crippen LogP contribution is 2.13. The number of hydrogen-bond acceptors (Lipinski definition) is 3. The van der Waals surface area contributed by atoms with Crippen LogP contribution in [0.1, 0.15) is 57.9 Å². The predicted octanol–water partition coefficient (Wildman–Crippen LogP) is 3.90. The molecule has 0 spiro atoms. The zero-order valence-electron chi connectivity index (χ0n) is 13.3. The predicted molar refractivity (Wildman–Crippen MR) is 86.7 cm³/mol. The number of amides is 1. The number of methoxy groups -OCH3 is 1. The first-order valence-electron chi connectivity index (χ1n) is 7.65. The molecule has 0 aliphatic carbocycles. The Bertz CT molecular complexity index is 470. The third kappa shape index (κ3) is 6.93. The number of carbonyl (C=O) groups excluding carboxylic acids is 1. The highest BCUT2D eigenvalue weighted by atomic mass is 16.5. The molecule has 0 aromatic heterocycles. The molecule has 1 aromatic carbocycles. The summed E-state index contributed by atoms with van der Waals surface area (Å²) in [5, 5.41) is 4.15. The van der Waals surface area contributed by atoms with Crippen molar-refractivity contribution in [2.45, 2.75) is 52.4 Å². The van der Waals surface area contributed by atoms with Crippen molar-refractivity contribution in [1.82, 2.24) is 5.43 Å². The van der Waals surface area contributed by atoms with Gasteiger partial charge in [-0.2, -0.15) is 5.10 Å². The van der Waals surface area contributed by atoms with Crippen LogP contribution >= 0.6 is 0 Å². The topological polar surface area (TPSA) is 50.7 Å². The molecule has 116 valence electrons. The van der Waals surface area contributed by atoms with Gasteiger partial charge in [-0.3, -0.25) is 4.79 Å². The van der Waals surface area contributed by atoms with E-state index >= 15 is 0 Å². The Labute approximate surface area is 127 Å². The quantitative estimate of drug-likeness (QED) is 0.426. The SMILES string of the molecule is CCCCCCCC(=O)N/N=C(\C)c1cccc(OC)c1. The van der Waals surface area contributed by atoms with Gasteiger partial charge in [0.2, 0.25) is 5.91 Å². The van der Waals surface area contributed by atoms with Gasteiger partial charge < -0.3 is 4.74 Å². The number of carbonyl (C=O) groups is 1. The molecular formula is C17H26N2O2. The summed E-state index contributed by atoms with van der Waals surface area (Å²) in [6.07, 6.45) is 6.25. The lowest BCUT2D eigenvalue weighted by atomic mass is 10.1. The number of nitrogens with zero attached hydrogens (tertiary/aromatic N) is 1. The minimum absolute atomic E-state index is 0.0197. The third-order valence-electron chi connectivity index (χ3n) is 3.34. The lowest BCUT2D eigenvalue weighted by Gasteiger charge is -2.05. The van der Waals surface area contributed by atoms with Crippen molar-refractivity contribution in [3.8, 4) is 5.75 Å². The molecule has 1 rings (SSSR count). The Kier molecular flexibility index (Phi) is 8.17. The van der Waals surface area contributed by atoms with Crippen molar-refractivity contribution in [3.05, 3.63) is 29.8 Å². The van der Waals surface area contributed by atoms with Crippen molar-refractivity contribution in [2.24, 2.45) is 5.10 Å². The van der Waals surface area contributed by atoms with Crippen molar-refractivity contribution in [2.75, 3.05) is 7.11 Å². The van der Waals surface area contributed by atoms with Crippen LogP contribution in [0.25, 0.3) is 0 Å². The van der Waals surface area contributed by atoms with Crippen molar-refractivity contribution in [3.63, 3.8) is 0 Å². The molecule has 0 aliphatic heterocycles. The summed E-state index contributed by atoms with van der Waals surface area (Å²) in [6.45, 7) is 4.05. The third-order valence-corrected chi connectivity index (χ3v) is 3.34. The summed E-state index contributed by atoms with van der Waals surface area (Å²) in [5.74, 6) is 0.762. The summed E-state index contributed by atoms with van der Waals surface area (Å²) in [6, 6.07) is 7.63. The molecule has 0 unspecified atom stereocenters. The number of hydrogen-bond donors (Lipinski definition) is 1. The molecule has 0 saturated carbocycles. The highest BCUT2D eigenvalue weighted by Gasteiger charge is 2.02. The van der Waals surface area contributed by atoms with Gasteiger partial charge in [0.15, 0.2) is 0 Å². The van der Waals surface area contributed by atoms with Crippen molar-refractivity contribution in [1.29, 1.82) is 0 Å². The Morgan fingerprint density at radius 3 is 2.71 bits per heavy atom. The lowest BCUT2D eigenvalue weighted by Crippen LogP contribution is -2.18. The summed E-state index contributed by atoms with van der Waals surface area (Å²) >= 11 is 0. The van der Waals surface area contributed by atoms with E-state index in [0.717, 1.165) is 29.9 Å². The van der Waals surface area contributed by atoms with Crippen LogP contribution in [-0.4, -0.2) is 18.7 Å². The first-order valence-corrected chi connectivity index (χ1v) is 7.65. The number of benzene rings is 1. The number of rotatable bonds is 9. The van der Waals surface area contributed by atoms with Gasteiger partial charge in [-0.25, -0.2) is 5.43 Å². The van der Waals surface area contributed by atoms with E-state index in [-0.39, 0.29) is 5.91 Å². The molecule has 21 heavy (non-hydrogen) atoms. The molecule has 0 atom stereocenters. The zero-order valence-corrected chi connectivity index (χ0v) is 13.3. The Hall–Kier alpha value is -1.84. The van der Waals surface area contributed by atoms with Gasteiger partial charge >= 0.3 is 0 Å². The smallest absolute Gasteiger partial charge is 0.240 e. The summed E-state index contributed by atoms with van der Waals surface area (Å²) < 4.78 is 5.17.